The van der Waals surface area contributed by atoms with E-state index in [1.54, 1.807) is 13.0 Å². The fraction of sp³-hybridized carbons (Fsp3) is 0.667. The van der Waals surface area contributed by atoms with Crippen LogP contribution >= 0.6 is 11.3 Å². The van der Waals surface area contributed by atoms with Crippen molar-refractivity contribution in [1.29, 1.82) is 0 Å². The highest BCUT2D eigenvalue weighted by atomic mass is 32.1. The smallest absolute Gasteiger partial charge is 0.341 e. The van der Waals surface area contributed by atoms with Gasteiger partial charge in [-0.2, -0.15) is 0 Å². The normalized spacial score (nSPS) is 22.0. The zero-order valence-corrected chi connectivity index (χ0v) is 16.2. The molecule has 1 aliphatic rings. The highest BCUT2D eigenvalue weighted by Gasteiger charge is 2.42. The first kappa shape index (κ1) is 19.9. The topological polar surface area (TPSA) is 87.7 Å². The molecule has 1 heterocycles. The van der Waals surface area contributed by atoms with E-state index in [1.807, 2.05) is 6.92 Å². The summed E-state index contributed by atoms with van der Waals surface area (Å²) in [6.45, 7) is 8.36. The maximum atomic E-state index is 12.3. The summed E-state index contributed by atoms with van der Waals surface area (Å²) >= 11 is 1.35. The van der Waals surface area contributed by atoms with Crippen LogP contribution in [0.5, 0.6) is 0 Å². The Bertz CT molecular complexity index is 641. The van der Waals surface area contributed by atoms with Crippen molar-refractivity contribution in [1.82, 2.24) is 5.32 Å². The van der Waals surface area contributed by atoms with Gasteiger partial charge in [0.2, 0.25) is 5.91 Å². The molecule has 0 bridgehead atoms. The fourth-order valence-corrected chi connectivity index (χ4v) is 4.33. The second-order valence-electron chi connectivity index (χ2n) is 7.50. The first-order valence-electron chi connectivity index (χ1n) is 8.63. The molecular formula is C18H28N2O4S. The van der Waals surface area contributed by atoms with Crippen LogP contribution in [0, 0.1) is 12.3 Å². The van der Waals surface area contributed by atoms with Crippen molar-refractivity contribution >= 4 is 28.2 Å². The highest BCUT2D eigenvalue weighted by molar-refractivity contribution is 7.16. The number of carbonyl (C=O) groups excluding carboxylic acids is 2. The number of hydrogen-bond acceptors (Lipinski definition) is 6. The SMILES string of the molecule is CCOC(=O)c1cc(C)sc1NC(=O)CNC1(CO)CCC(C)(C)C1. The van der Waals surface area contributed by atoms with Crippen LogP contribution in [-0.4, -0.2) is 42.3 Å². The molecule has 1 aromatic rings. The Kier molecular flexibility index (Phi) is 6.24. The van der Waals surface area contributed by atoms with E-state index in [-0.39, 0.29) is 31.1 Å². The lowest BCUT2D eigenvalue weighted by Crippen LogP contribution is -2.49. The lowest BCUT2D eigenvalue weighted by atomic mass is 9.88. The van der Waals surface area contributed by atoms with Gasteiger partial charge in [0.25, 0.3) is 0 Å². The zero-order chi connectivity index (χ0) is 18.7. The molecule has 3 N–H and O–H groups in total. The summed E-state index contributed by atoms with van der Waals surface area (Å²) in [7, 11) is 0. The van der Waals surface area contributed by atoms with Gasteiger partial charge in [0.1, 0.15) is 5.00 Å². The number of amides is 1. The molecule has 140 valence electrons. The van der Waals surface area contributed by atoms with Gasteiger partial charge in [-0.1, -0.05) is 13.8 Å². The number of aliphatic hydroxyl groups excluding tert-OH is 1. The van der Waals surface area contributed by atoms with Crippen LogP contribution in [0.1, 0.15) is 55.3 Å². The van der Waals surface area contributed by atoms with Gasteiger partial charge in [-0.3, -0.25) is 4.79 Å². The number of anilines is 1. The maximum absolute atomic E-state index is 12.3. The van der Waals surface area contributed by atoms with E-state index in [0.717, 1.165) is 24.1 Å². The molecule has 1 saturated carbocycles. The molecule has 0 radical (unpaired) electrons. The van der Waals surface area contributed by atoms with Crippen molar-refractivity contribution in [3.05, 3.63) is 16.5 Å². The van der Waals surface area contributed by atoms with Crippen LogP contribution in [0.15, 0.2) is 6.07 Å². The molecule has 25 heavy (non-hydrogen) atoms. The number of ether oxygens (including phenoxy) is 1. The Balaban J connectivity index is 1.98. The Morgan fingerprint density at radius 2 is 2.08 bits per heavy atom. The van der Waals surface area contributed by atoms with Crippen LogP contribution in [0.4, 0.5) is 5.00 Å². The van der Waals surface area contributed by atoms with Crippen LogP contribution < -0.4 is 10.6 Å². The van der Waals surface area contributed by atoms with Crippen molar-refractivity contribution in [2.75, 3.05) is 25.1 Å². The molecule has 1 amide bonds. The summed E-state index contributed by atoms with van der Waals surface area (Å²) < 4.78 is 5.03. The molecule has 0 aromatic carbocycles. The number of aliphatic hydroxyl groups is 1. The third-order valence-corrected chi connectivity index (χ3v) is 5.59. The van der Waals surface area contributed by atoms with E-state index < -0.39 is 11.5 Å². The van der Waals surface area contributed by atoms with Crippen LogP contribution in [-0.2, 0) is 9.53 Å². The summed E-state index contributed by atoms with van der Waals surface area (Å²) in [4.78, 5) is 25.2. The van der Waals surface area contributed by atoms with Gasteiger partial charge in [0.15, 0.2) is 0 Å². The summed E-state index contributed by atoms with van der Waals surface area (Å²) in [5, 5.41) is 16.3. The second-order valence-corrected chi connectivity index (χ2v) is 8.76. The first-order chi connectivity index (χ1) is 11.7. The van der Waals surface area contributed by atoms with Gasteiger partial charge >= 0.3 is 5.97 Å². The van der Waals surface area contributed by atoms with Gasteiger partial charge in [-0.25, -0.2) is 4.79 Å². The average Bonchev–Trinajstić information content (AvgIpc) is 3.06. The molecule has 2 rings (SSSR count). The zero-order valence-electron chi connectivity index (χ0n) is 15.4. The standard InChI is InChI=1S/C18H28N2O4S/c1-5-24-16(23)13-8-12(2)25-15(13)20-14(22)9-19-18(11-21)7-6-17(3,4)10-18/h8,19,21H,5-7,9-11H2,1-4H3,(H,20,22). The van der Waals surface area contributed by atoms with Gasteiger partial charge in [-0.05, 0) is 44.6 Å². The van der Waals surface area contributed by atoms with Crippen molar-refractivity contribution in [3.63, 3.8) is 0 Å². The minimum Gasteiger partial charge on any atom is -0.462 e. The summed E-state index contributed by atoms with van der Waals surface area (Å²) in [6.07, 6.45) is 2.69. The predicted octanol–water partition coefficient (Wildman–Crippen LogP) is 2.70. The van der Waals surface area contributed by atoms with Crippen molar-refractivity contribution in [2.45, 2.75) is 52.5 Å². The number of rotatable bonds is 7. The molecule has 7 heteroatoms. The minimum absolute atomic E-state index is 0.00982. The van der Waals surface area contributed by atoms with Gasteiger partial charge in [-0.15, -0.1) is 11.3 Å². The Morgan fingerprint density at radius 1 is 1.36 bits per heavy atom. The predicted molar refractivity (Wildman–Crippen MR) is 99.1 cm³/mol. The summed E-state index contributed by atoms with van der Waals surface area (Å²) in [5.74, 6) is -0.663. The highest BCUT2D eigenvalue weighted by Crippen LogP contribution is 2.43. The average molecular weight is 368 g/mol. The maximum Gasteiger partial charge on any atom is 0.341 e. The molecule has 1 atom stereocenters. The van der Waals surface area contributed by atoms with Crippen LogP contribution in [0.25, 0.3) is 0 Å². The van der Waals surface area contributed by atoms with E-state index >= 15 is 0 Å². The first-order valence-corrected chi connectivity index (χ1v) is 9.45. The Hall–Kier alpha value is -1.44. The van der Waals surface area contributed by atoms with Gasteiger partial charge < -0.3 is 20.5 Å². The molecule has 6 nitrogen and oxygen atoms in total. The number of nitrogens with one attached hydrogen (secondary N) is 2. The van der Waals surface area contributed by atoms with Gasteiger partial charge in [0, 0.05) is 10.4 Å². The van der Waals surface area contributed by atoms with Crippen LogP contribution in [0.2, 0.25) is 0 Å². The molecule has 1 unspecified atom stereocenters. The molecule has 0 saturated heterocycles. The van der Waals surface area contributed by atoms with E-state index in [1.165, 1.54) is 11.3 Å². The molecule has 1 aromatic heterocycles. The second kappa shape index (κ2) is 7.85. The van der Waals surface area contributed by atoms with E-state index in [9.17, 15) is 14.7 Å². The van der Waals surface area contributed by atoms with Crippen molar-refractivity contribution in [3.8, 4) is 0 Å². The fourth-order valence-electron chi connectivity index (χ4n) is 3.42. The molecule has 0 aliphatic heterocycles. The molecule has 1 aliphatic carbocycles. The van der Waals surface area contributed by atoms with E-state index in [0.29, 0.717) is 10.6 Å². The molecule has 1 fully saturated rings. The lowest BCUT2D eigenvalue weighted by molar-refractivity contribution is -0.115. The van der Waals surface area contributed by atoms with Crippen molar-refractivity contribution in [2.24, 2.45) is 5.41 Å². The quantitative estimate of drug-likeness (QED) is 0.644. The summed E-state index contributed by atoms with van der Waals surface area (Å²) in [6, 6.07) is 1.72. The number of aryl methyl sites for hydroxylation is 1. The largest absolute Gasteiger partial charge is 0.462 e. The minimum atomic E-state index is -0.431. The van der Waals surface area contributed by atoms with E-state index in [2.05, 4.69) is 24.5 Å². The van der Waals surface area contributed by atoms with Crippen LogP contribution in [0.3, 0.4) is 0 Å². The Labute approximate surface area is 153 Å². The Morgan fingerprint density at radius 3 is 2.64 bits per heavy atom. The third kappa shape index (κ3) is 5.03. The third-order valence-electron chi connectivity index (χ3n) is 4.63. The summed E-state index contributed by atoms with van der Waals surface area (Å²) in [5.41, 5.74) is 0.140. The number of carbonyl (C=O) groups is 2. The number of thiophene rings is 1. The molecule has 0 spiro atoms. The lowest BCUT2D eigenvalue weighted by Gasteiger charge is -2.30. The molecular weight excluding hydrogens is 340 g/mol. The number of hydrogen-bond donors (Lipinski definition) is 3. The van der Waals surface area contributed by atoms with E-state index in [4.69, 9.17) is 4.74 Å². The monoisotopic (exact) mass is 368 g/mol. The van der Waals surface area contributed by atoms with Gasteiger partial charge in [0.05, 0.1) is 25.3 Å². The number of esters is 1. The van der Waals surface area contributed by atoms with Crippen molar-refractivity contribution < 1.29 is 19.4 Å².